The van der Waals surface area contributed by atoms with E-state index in [9.17, 15) is 13.2 Å². The van der Waals surface area contributed by atoms with Gasteiger partial charge in [-0.25, -0.2) is 13.1 Å². The van der Waals surface area contributed by atoms with Crippen molar-refractivity contribution >= 4 is 16.0 Å². The Morgan fingerprint density at radius 1 is 1.47 bits per heavy atom. The highest BCUT2D eigenvalue weighted by atomic mass is 32.2. The zero-order chi connectivity index (χ0) is 14.3. The monoisotopic (exact) mass is 286 g/mol. The lowest BCUT2D eigenvalue weighted by molar-refractivity contribution is -0.140. The summed E-state index contributed by atoms with van der Waals surface area (Å²) in [6.07, 6.45) is 1.93. The molecule has 0 bridgehead atoms. The topological polar surface area (TPSA) is 85.4 Å². The Hall–Kier alpha value is -1.47. The summed E-state index contributed by atoms with van der Waals surface area (Å²) >= 11 is 0. The normalized spacial score (nSPS) is 12.9. The molecule has 0 aliphatic heterocycles. The number of hydrogen-bond donors (Lipinski definition) is 1. The summed E-state index contributed by atoms with van der Waals surface area (Å²) < 4.78 is 30.6. The predicted octanol–water partition coefficient (Wildman–Crippen LogP) is 1.02. The Morgan fingerprint density at radius 2 is 2.21 bits per heavy atom. The van der Waals surface area contributed by atoms with Crippen molar-refractivity contribution in [2.24, 2.45) is 0 Å². The molecule has 6 nitrogen and oxygen atoms in total. The maximum absolute atomic E-state index is 11.8. The molecule has 1 aromatic heterocycles. The number of nitrogens with one attached hydrogen (secondary N) is 1. The van der Waals surface area contributed by atoms with Crippen LogP contribution in [0.2, 0.25) is 0 Å². The number of carbonyl (C=O) groups is 1. The number of hydrogen-bond acceptors (Lipinski definition) is 5. The van der Waals surface area contributed by atoms with Gasteiger partial charge in [0.25, 0.3) is 0 Å². The number of rotatable bonds is 7. The van der Waals surface area contributed by atoms with Crippen LogP contribution in [0, 0.1) is 0 Å². The molecular formula is C12H18N2O4S. The number of esters is 1. The van der Waals surface area contributed by atoms with E-state index >= 15 is 0 Å². The van der Waals surface area contributed by atoms with Crippen LogP contribution in [0.3, 0.4) is 0 Å². The van der Waals surface area contributed by atoms with Crippen LogP contribution in [0.1, 0.15) is 31.5 Å². The Kier molecular flexibility index (Phi) is 5.91. The molecule has 1 aromatic rings. The van der Waals surface area contributed by atoms with Crippen molar-refractivity contribution in [3.8, 4) is 0 Å². The summed E-state index contributed by atoms with van der Waals surface area (Å²) in [6, 6.07) is 4.91. The minimum Gasteiger partial charge on any atom is -0.469 e. The first-order valence-electron chi connectivity index (χ1n) is 5.92. The molecule has 1 rings (SSSR count). The van der Waals surface area contributed by atoms with Crippen molar-refractivity contribution in [1.29, 1.82) is 0 Å². The summed E-state index contributed by atoms with van der Waals surface area (Å²) in [5.74, 6) is -0.521. The highest BCUT2D eigenvalue weighted by Gasteiger charge is 2.16. The number of aromatic nitrogens is 1. The third kappa shape index (κ3) is 5.80. The first kappa shape index (κ1) is 15.6. The number of methoxy groups -OCH3 is 1. The second kappa shape index (κ2) is 7.20. The molecule has 0 saturated carbocycles. The van der Waals surface area contributed by atoms with E-state index in [0.717, 1.165) is 0 Å². The SMILES string of the molecule is COC(=O)CCCS(=O)(=O)N[C@H](C)c1ccccn1. The molecule has 19 heavy (non-hydrogen) atoms. The van der Waals surface area contributed by atoms with Gasteiger partial charge in [-0.15, -0.1) is 0 Å². The number of nitrogens with zero attached hydrogens (tertiary/aromatic N) is 1. The Balaban J connectivity index is 2.48. The van der Waals surface area contributed by atoms with Crippen LogP contribution in [0.15, 0.2) is 24.4 Å². The van der Waals surface area contributed by atoms with E-state index in [-0.39, 0.29) is 18.6 Å². The molecule has 0 amide bonds. The van der Waals surface area contributed by atoms with E-state index in [2.05, 4.69) is 14.4 Å². The van der Waals surface area contributed by atoms with Gasteiger partial charge in [-0.1, -0.05) is 6.07 Å². The van der Waals surface area contributed by atoms with Gasteiger partial charge in [0.05, 0.1) is 24.6 Å². The minimum absolute atomic E-state index is 0.0926. The van der Waals surface area contributed by atoms with Crippen molar-refractivity contribution < 1.29 is 17.9 Å². The van der Waals surface area contributed by atoms with Gasteiger partial charge in [-0.05, 0) is 25.5 Å². The van der Waals surface area contributed by atoms with Crippen LogP contribution >= 0.6 is 0 Å². The van der Waals surface area contributed by atoms with Gasteiger partial charge in [-0.3, -0.25) is 9.78 Å². The summed E-state index contributed by atoms with van der Waals surface area (Å²) in [5, 5.41) is 0. The summed E-state index contributed by atoms with van der Waals surface area (Å²) in [6.45, 7) is 1.72. The van der Waals surface area contributed by atoms with Crippen LogP contribution in [0.5, 0.6) is 0 Å². The third-order valence-electron chi connectivity index (χ3n) is 2.51. The molecule has 0 saturated heterocycles. The minimum atomic E-state index is -3.43. The lowest BCUT2D eigenvalue weighted by Gasteiger charge is -2.13. The van der Waals surface area contributed by atoms with E-state index in [1.165, 1.54) is 7.11 Å². The summed E-state index contributed by atoms with van der Waals surface area (Å²) in [7, 11) is -2.15. The third-order valence-corrected chi connectivity index (χ3v) is 4.05. The van der Waals surface area contributed by atoms with E-state index in [4.69, 9.17) is 0 Å². The first-order chi connectivity index (χ1) is 8.94. The highest BCUT2D eigenvalue weighted by Crippen LogP contribution is 2.10. The van der Waals surface area contributed by atoms with Gasteiger partial charge in [0, 0.05) is 12.6 Å². The molecule has 0 spiro atoms. The van der Waals surface area contributed by atoms with Crippen LogP contribution in [-0.2, 0) is 19.6 Å². The van der Waals surface area contributed by atoms with Crippen molar-refractivity contribution in [2.45, 2.75) is 25.8 Å². The maximum atomic E-state index is 11.8. The Bertz CT molecular complexity index is 502. The fraction of sp³-hybridized carbons (Fsp3) is 0.500. The second-order valence-corrected chi connectivity index (χ2v) is 5.97. The van der Waals surface area contributed by atoms with Crippen LogP contribution in [0.4, 0.5) is 0 Å². The zero-order valence-corrected chi connectivity index (χ0v) is 11.8. The highest BCUT2D eigenvalue weighted by molar-refractivity contribution is 7.89. The van der Waals surface area contributed by atoms with Crippen molar-refractivity contribution in [2.75, 3.05) is 12.9 Å². The second-order valence-electron chi connectivity index (χ2n) is 4.09. The van der Waals surface area contributed by atoms with Gasteiger partial charge >= 0.3 is 5.97 Å². The number of pyridine rings is 1. The Labute approximate surface area is 113 Å². The largest absolute Gasteiger partial charge is 0.469 e. The molecule has 0 aliphatic rings. The van der Waals surface area contributed by atoms with Crippen molar-refractivity contribution in [1.82, 2.24) is 9.71 Å². The molecule has 0 fully saturated rings. The smallest absolute Gasteiger partial charge is 0.305 e. The molecular weight excluding hydrogens is 268 g/mol. The predicted molar refractivity (Wildman–Crippen MR) is 70.8 cm³/mol. The zero-order valence-electron chi connectivity index (χ0n) is 11.0. The average Bonchev–Trinajstić information content (AvgIpc) is 2.38. The van der Waals surface area contributed by atoms with Gasteiger partial charge in [-0.2, -0.15) is 0 Å². The fourth-order valence-corrected chi connectivity index (χ4v) is 2.83. The molecule has 0 aromatic carbocycles. The van der Waals surface area contributed by atoms with E-state index in [1.807, 2.05) is 0 Å². The number of ether oxygens (including phenoxy) is 1. The molecule has 0 radical (unpaired) electrons. The van der Waals surface area contributed by atoms with Crippen LogP contribution in [0.25, 0.3) is 0 Å². The fourth-order valence-electron chi connectivity index (χ4n) is 1.53. The number of sulfonamides is 1. The van der Waals surface area contributed by atoms with Gasteiger partial charge < -0.3 is 4.74 Å². The Morgan fingerprint density at radius 3 is 2.79 bits per heavy atom. The van der Waals surface area contributed by atoms with E-state index in [1.54, 1.807) is 31.3 Å². The van der Waals surface area contributed by atoms with Gasteiger partial charge in [0.1, 0.15) is 0 Å². The molecule has 0 aliphatic carbocycles. The average molecular weight is 286 g/mol. The molecule has 106 valence electrons. The quantitative estimate of drug-likeness (QED) is 0.756. The summed E-state index contributed by atoms with van der Waals surface area (Å²) in [5.41, 5.74) is 0.652. The lowest BCUT2D eigenvalue weighted by Crippen LogP contribution is -2.29. The maximum Gasteiger partial charge on any atom is 0.305 e. The van der Waals surface area contributed by atoms with Gasteiger partial charge in [0.2, 0.25) is 10.0 Å². The molecule has 0 unspecified atom stereocenters. The van der Waals surface area contributed by atoms with Crippen LogP contribution < -0.4 is 4.72 Å². The lowest BCUT2D eigenvalue weighted by atomic mass is 10.2. The van der Waals surface area contributed by atoms with E-state index < -0.39 is 22.0 Å². The molecule has 7 heteroatoms. The molecule has 1 N–H and O–H groups in total. The standard InChI is InChI=1S/C12H18N2O4S/c1-10(11-6-3-4-8-13-11)14-19(16,17)9-5-7-12(15)18-2/h3-4,6,8,10,14H,5,7,9H2,1-2H3/t10-/m1/s1. The van der Waals surface area contributed by atoms with E-state index in [0.29, 0.717) is 5.69 Å². The first-order valence-corrected chi connectivity index (χ1v) is 7.57. The molecule has 1 heterocycles. The number of carbonyl (C=O) groups excluding carboxylic acids is 1. The molecule has 1 atom stereocenters. The van der Waals surface area contributed by atoms with Gasteiger partial charge in [0.15, 0.2) is 0 Å². The van der Waals surface area contributed by atoms with Crippen LogP contribution in [-0.4, -0.2) is 32.2 Å². The van der Waals surface area contributed by atoms with Crippen molar-refractivity contribution in [3.05, 3.63) is 30.1 Å². The summed E-state index contributed by atoms with van der Waals surface area (Å²) in [4.78, 5) is 15.0. The van der Waals surface area contributed by atoms with Crippen molar-refractivity contribution in [3.63, 3.8) is 0 Å².